The molecule has 104 valence electrons. The van der Waals surface area contributed by atoms with Crippen LogP contribution in [-0.4, -0.2) is 55.0 Å². The molecule has 1 aliphatic heterocycles. The second-order valence-electron chi connectivity index (χ2n) is 4.89. The minimum Gasteiger partial charge on any atom is -0.481 e. The molecule has 0 spiro atoms. The topological polar surface area (TPSA) is 39.6 Å². The van der Waals surface area contributed by atoms with Gasteiger partial charge in [0.15, 0.2) is 5.90 Å². The zero-order chi connectivity index (χ0) is 13.5. The van der Waals surface area contributed by atoms with Crippen LogP contribution in [0.2, 0.25) is 0 Å². The SMILES string of the molecule is CCOC(=N)CN1CCN(Cc2ccccc2)CC1. The Morgan fingerprint density at radius 1 is 1.11 bits per heavy atom. The standard InChI is InChI=1S/C15H23N3O/c1-2-19-15(16)13-18-10-8-17(9-11-18)12-14-6-4-3-5-7-14/h3-7,16H,2,8-13H2,1H3. The fourth-order valence-electron chi connectivity index (χ4n) is 2.37. The van der Waals surface area contributed by atoms with E-state index in [0.717, 1.165) is 32.7 Å². The van der Waals surface area contributed by atoms with Crippen molar-refractivity contribution in [3.8, 4) is 0 Å². The lowest BCUT2D eigenvalue weighted by Gasteiger charge is -2.34. The quantitative estimate of drug-likeness (QED) is 0.649. The lowest BCUT2D eigenvalue weighted by atomic mass is 10.2. The van der Waals surface area contributed by atoms with Gasteiger partial charge in [0.05, 0.1) is 13.2 Å². The van der Waals surface area contributed by atoms with Crippen LogP contribution in [0.25, 0.3) is 0 Å². The van der Waals surface area contributed by atoms with Gasteiger partial charge in [-0.3, -0.25) is 15.2 Å². The summed E-state index contributed by atoms with van der Waals surface area (Å²) in [7, 11) is 0. The van der Waals surface area contributed by atoms with E-state index in [0.29, 0.717) is 19.0 Å². The molecule has 0 unspecified atom stereocenters. The highest BCUT2D eigenvalue weighted by Crippen LogP contribution is 2.08. The van der Waals surface area contributed by atoms with Crippen LogP contribution in [-0.2, 0) is 11.3 Å². The molecule has 4 nitrogen and oxygen atoms in total. The van der Waals surface area contributed by atoms with Crippen molar-refractivity contribution in [2.24, 2.45) is 0 Å². The first-order valence-electron chi connectivity index (χ1n) is 6.97. The number of piperazine rings is 1. The lowest BCUT2D eigenvalue weighted by molar-refractivity contribution is 0.133. The summed E-state index contributed by atoms with van der Waals surface area (Å²) in [4.78, 5) is 4.76. The van der Waals surface area contributed by atoms with Crippen LogP contribution in [0, 0.1) is 5.41 Å². The van der Waals surface area contributed by atoms with Gasteiger partial charge in [-0.25, -0.2) is 0 Å². The summed E-state index contributed by atoms with van der Waals surface area (Å²) in [5.41, 5.74) is 1.37. The maximum Gasteiger partial charge on any atom is 0.194 e. The Balaban J connectivity index is 1.72. The summed E-state index contributed by atoms with van der Waals surface area (Å²) in [5, 5.41) is 7.68. The molecule has 1 N–H and O–H groups in total. The van der Waals surface area contributed by atoms with Gasteiger partial charge in [-0.2, -0.15) is 0 Å². The molecule has 1 aromatic carbocycles. The van der Waals surface area contributed by atoms with Crippen molar-refractivity contribution in [3.63, 3.8) is 0 Å². The van der Waals surface area contributed by atoms with Gasteiger partial charge in [0.25, 0.3) is 0 Å². The summed E-state index contributed by atoms with van der Waals surface area (Å²) < 4.78 is 5.20. The average Bonchev–Trinajstić information content (AvgIpc) is 2.42. The summed E-state index contributed by atoms with van der Waals surface area (Å²) in [6.45, 7) is 8.34. The maximum absolute atomic E-state index is 7.68. The second kappa shape index (κ2) is 7.26. The number of rotatable bonds is 5. The molecule has 1 saturated heterocycles. The molecule has 0 saturated carbocycles. The first-order valence-corrected chi connectivity index (χ1v) is 6.97. The summed E-state index contributed by atoms with van der Waals surface area (Å²) in [6.07, 6.45) is 0. The van der Waals surface area contributed by atoms with E-state index in [4.69, 9.17) is 10.1 Å². The van der Waals surface area contributed by atoms with Crippen LogP contribution in [0.5, 0.6) is 0 Å². The second-order valence-corrected chi connectivity index (χ2v) is 4.89. The van der Waals surface area contributed by atoms with Gasteiger partial charge in [-0.05, 0) is 12.5 Å². The Morgan fingerprint density at radius 2 is 1.74 bits per heavy atom. The van der Waals surface area contributed by atoms with Gasteiger partial charge in [0.2, 0.25) is 0 Å². The van der Waals surface area contributed by atoms with Crippen molar-refractivity contribution in [1.82, 2.24) is 9.80 Å². The van der Waals surface area contributed by atoms with Crippen LogP contribution in [0.3, 0.4) is 0 Å². The van der Waals surface area contributed by atoms with Gasteiger partial charge in [0, 0.05) is 32.7 Å². The third-order valence-corrected chi connectivity index (χ3v) is 3.40. The normalized spacial score (nSPS) is 17.3. The summed E-state index contributed by atoms with van der Waals surface area (Å²) in [5.74, 6) is 0.388. The van der Waals surface area contributed by atoms with E-state index >= 15 is 0 Å². The monoisotopic (exact) mass is 261 g/mol. The zero-order valence-corrected chi connectivity index (χ0v) is 11.6. The molecule has 0 radical (unpaired) electrons. The predicted octanol–water partition coefficient (Wildman–Crippen LogP) is 1.82. The third-order valence-electron chi connectivity index (χ3n) is 3.40. The number of hydrogen-bond acceptors (Lipinski definition) is 4. The number of nitrogens with one attached hydrogen (secondary N) is 1. The molecular weight excluding hydrogens is 238 g/mol. The molecule has 19 heavy (non-hydrogen) atoms. The van der Waals surface area contributed by atoms with Crippen molar-refractivity contribution < 1.29 is 4.74 Å². The van der Waals surface area contributed by atoms with Crippen molar-refractivity contribution in [1.29, 1.82) is 5.41 Å². The Kier molecular flexibility index (Phi) is 5.36. The molecule has 1 heterocycles. The van der Waals surface area contributed by atoms with Gasteiger partial charge >= 0.3 is 0 Å². The smallest absolute Gasteiger partial charge is 0.194 e. The van der Waals surface area contributed by atoms with Crippen LogP contribution >= 0.6 is 0 Å². The van der Waals surface area contributed by atoms with E-state index in [1.807, 2.05) is 6.92 Å². The van der Waals surface area contributed by atoms with Crippen molar-refractivity contribution in [2.75, 3.05) is 39.3 Å². The number of nitrogens with zero attached hydrogens (tertiary/aromatic N) is 2. The van der Waals surface area contributed by atoms with Crippen LogP contribution in [0.15, 0.2) is 30.3 Å². The minimum atomic E-state index is 0.388. The summed E-state index contributed by atoms with van der Waals surface area (Å²) >= 11 is 0. The Bertz CT molecular complexity index is 386. The Labute approximate surface area is 115 Å². The van der Waals surface area contributed by atoms with Gasteiger partial charge in [0.1, 0.15) is 0 Å². The summed E-state index contributed by atoms with van der Waals surface area (Å²) in [6, 6.07) is 10.6. The number of benzene rings is 1. The van der Waals surface area contributed by atoms with Crippen LogP contribution in [0.4, 0.5) is 0 Å². The average molecular weight is 261 g/mol. The molecule has 1 aliphatic rings. The highest BCUT2D eigenvalue weighted by atomic mass is 16.5. The largest absolute Gasteiger partial charge is 0.481 e. The van der Waals surface area contributed by atoms with Gasteiger partial charge in [-0.1, -0.05) is 30.3 Å². The molecule has 0 aromatic heterocycles. The highest BCUT2D eigenvalue weighted by Gasteiger charge is 2.18. The van der Waals surface area contributed by atoms with E-state index in [1.165, 1.54) is 5.56 Å². The van der Waals surface area contributed by atoms with Crippen LogP contribution in [0.1, 0.15) is 12.5 Å². The Hall–Kier alpha value is -1.39. The minimum absolute atomic E-state index is 0.388. The molecule has 0 bridgehead atoms. The highest BCUT2D eigenvalue weighted by molar-refractivity contribution is 5.74. The van der Waals surface area contributed by atoms with Crippen molar-refractivity contribution >= 4 is 5.90 Å². The van der Waals surface area contributed by atoms with E-state index in [1.54, 1.807) is 0 Å². The van der Waals surface area contributed by atoms with Crippen LogP contribution < -0.4 is 0 Å². The van der Waals surface area contributed by atoms with E-state index in [9.17, 15) is 0 Å². The third kappa shape index (κ3) is 4.65. The molecular formula is C15H23N3O. The number of ether oxygens (including phenoxy) is 1. The first-order chi connectivity index (χ1) is 9.28. The lowest BCUT2D eigenvalue weighted by Crippen LogP contribution is -2.47. The van der Waals surface area contributed by atoms with E-state index in [2.05, 4.69) is 40.1 Å². The maximum atomic E-state index is 7.68. The van der Waals surface area contributed by atoms with Gasteiger partial charge in [-0.15, -0.1) is 0 Å². The molecule has 4 heteroatoms. The fourth-order valence-corrected chi connectivity index (χ4v) is 2.37. The first kappa shape index (κ1) is 14.0. The molecule has 2 rings (SSSR count). The molecule has 1 aromatic rings. The zero-order valence-electron chi connectivity index (χ0n) is 11.6. The molecule has 0 atom stereocenters. The predicted molar refractivity (Wildman–Crippen MR) is 77.5 cm³/mol. The van der Waals surface area contributed by atoms with E-state index in [-0.39, 0.29) is 0 Å². The molecule has 0 aliphatic carbocycles. The Morgan fingerprint density at radius 3 is 2.37 bits per heavy atom. The number of hydrogen-bond donors (Lipinski definition) is 1. The van der Waals surface area contributed by atoms with Gasteiger partial charge < -0.3 is 4.74 Å². The van der Waals surface area contributed by atoms with E-state index < -0.39 is 0 Å². The molecule has 0 amide bonds. The molecule has 1 fully saturated rings. The van der Waals surface area contributed by atoms with Crippen molar-refractivity contribution in [2.45, 2.75) is 13.5 Å². The van der Waals surface area contributed by atoms with Crippen molar-refractivity contribution in [3.05, 3.63) is 35.9 Å². The fraction of sp³-hybridized carbons (Fsp3) is 0.533.